The van der Waals surface area contributed by atoms with E-state index >= 15 is 0 Å². The summed E-state index contributed by atoms with van der Waals surface area (Å²) in [6.07, 6.45) is -2.98. The number of nitrogens with one attached hydrogen (secondary N) is 1. The average molecular weight is 412 g/mol. The summed E-state index contributed by atoms with van der Waals surface area (Å²) in [7, 11) is 0. The first-order chi connectivity index (χ1) is 13.8. The number of para-hydroxylation sites is 1. The van der Waals surface area contributed by atoms with Gasteiger partial charge in [-0.05, 0) is 37.1 Å². The van der Waals surface area contributed by atoms with E-state index in [2.05, 4.69) is 10.1 Å². The van der Waals surface area contributed by atoms with E-state index < -0.39 is 36.5 Å². The zero-order valence-electron chi connectivity index (χ0n) is 15.4. The predicted molar refractivity (Wildman–Crippen MR) is 98.3 cm³/mol. The van der Waals surface area contributed by atoms with Crippen molar-refractivity contribution in [3.8, 4) is 5.75 Å². The Balaban J connectivity index is 1.78. The molecule has 0 spiro atoms. The van der Waals surface area contributed by atoms with E-state index in [4.69, 9.17) is 0 Å². The molecule has 1 aliphatic rings. The number of ether oxygens (including phenoxy) is 1. The van der Waals surface area contributed by atoms with Crippen LogP contribution in [-0.2, 0) is 0 Å². The first kappa shape index (κ1) is 20.9. The Morgan fingerprint density at radius 1 is 1.17 bits per heavy atom. The second kappa shape index (κ2) is 8.69. The Labute approximate surface area is 164 Å². The van der Waals surface area contributed by atoms with Crippen LogP contribution in [-0.4, -0.2) is 37.1 Å². The number of nitrogens with zero attached hydrogens (tertiary/aromatic N) is 1. The van der Waals surface area contributed by atoms with Crippen molar-refractivity contribution in [3.63, 3.8) is 0 Å². The molecule has 0 aromatic heterocycles. The third kappa shape index (κ3) is 5.17. The molecule has 0 aliphatic carbocycles. The molecule has 156 valence electrons. The van der Waals surface area contributed by atoms with E-state index in [0.717, 1.165) is 38.1 Å². The smallest absolute Gasteiger partial charge is 0.405 e. The minimum Gasteiger partial charge on any atom is -0.405 e. The maximum absolute atomic E-state index is 14.4. The molecule has 9 heteroatoms. The van der Waals surface area contributed by atoms with Crippen molar-refractivity contribution >= 4 is 11.6 Å². The van der Waals surface area contributed by atoms with Crippen molar-refractivity contribution in [1.82, 2.24) is 5.32 Å². The van der Waals surface area contributed by atoms with Crippen LogP contribution in [0.5, 0.6) is 5.75 Å². The molecule has 1 atom stereocenters. The van der Waals surface area contributed by atoms with Crippen LogP contribution in [0.15, 0.2) is 42.5 Å². The number of aliphatic hydroxyl groups is 1. The quantitative estimate of drug-likeness (QED) is 0.709. The molecule has 5 nitrogen and oxygen atoms in total. The second-order valence-electron chi connectivity index (χ2n) is 6.65. The van der Waals surface area contributed by atoms with E-state index in [1.807, 2.05) is 4.90 Å². The van der Waals surface area contributed by atoms with Crippen LogP contribution in [0.4, 0.5) is 23.2 Å². The largest absolute Gasteiger partial charge is 0.573 e. The summed E-state index contributed by atoms with van der Waals surface area (Å²) in [6, 6.07) is 8.05. The van der Waals surface area contributed by atoms with Gasteiger partial charge >= 0.3 is 6.36 Å². The van der Waals surface area contributed by atoms with Crippen molar-refractivity contribution in [2.75, 3.05) is 24.6 Å². The first-order valence-electron chi connectivity index (χ1n) is 9.09. The Morgan fingerprint density at radius 2 is 1.86 bits per heavy atom. The summed E-state index contributed by atoms with van der Waals surface area (Å²) in [5.74, 6) is -1.81. The number of carbonyl (C=O) groups excluding carboxylic acids is 1. The summed E-state index contributed by atoms with van der Waals surface area (Å²) in [5.41, 5.74) is 0.356. The number of amides is 1. The highest BCUT2D eigenvalue weighted by atomic mass is 19.4. The van der Waals surface area contributed by atoms with Gasteiger partial charge in [0.05, 0.1) is 18.3 Å². The van der Waals surface area contributed by atoms with Crippen LogP contribution in [0.25, 0.3) is 0 Å². The average Bonchev–Trinajstić information content (AvgIpc) is 3.19. The van der Waals surface area contributed by atoms with E-state index in [1.165, 1.54) is 30.3 Å². The molecule has 1 amide bonds. The van der Waals surface area contributed by atoms with Gasteiger partial charge in [0.2, 0.25) is 0 Å². The third-order valence-corrected chi connectivity index (χ3v) is 4.66. The molecule has 1 heterocycles. The third-order valence-electron chi connectivity index (χ3n) is 4.66. The zero-order chi connectivity index (χ0) is 21.0. The summed E-state index contributed by atoms with van der Waals surface area (Å²) >= 11 is 0. The van der Waals surface area contributed by atoms with Gasteiger partial charge < -0.3 is 20.1 Å². The maximum Gasteiger partial charge on any atom is 0.573 e. The molecule has 29 heavy (non-hydrogen) atoms. The standard InChI is InChI=1S/C20H20F4N2O3/c21-15-11-13(7-8-17(15)26-9-3-4-10-26)19(28)25-16(12-27)14-5-1-2-6-18(14)29-20(22,23)24/h1-2,5-8,11,16,27H,3-4,9-10,12H2,(H,25,28). The highest BCUT2D eigenvalue weighted by molar-refractivity contribution is 5.95. The van der Waals surface area contributed by atoms with E-state index in [-0.39, 0.29) is 11.1 Å². The van der Waals surface area contributed by atoms with Crippen LogP contribution in [0.2, 0.25) is 0 Å². The lowest BCUT2D eigenvalue weighted by molar-refractivity contribution is -0.275. The number of benzene rings is 2. The normalized spacial score (nSPS) is 15.3. The van der Waals surface area contributed by atoms with Gasteiger partial charge in [-0.25, -0.2) is 4.39 Å². The molecule has 2 N–H and O–H groups in total. The minimum absolute atomic E-state index is 0.00174. The maximum atomic E-state index is 14.4. The molecule has 0 bridgehead atoms. The van der Waals surface area contributed by atoms with Crippen LogP contribution >= 0.6 is 0 Å². The number of aliphatic hydroxyl groups excluding tert-OH is 1. The second-order valence-corrected chi connectivity index (χ2v) is 6.65. The van der Waals surface area contributed by atoms with E-state index in [1.54, 1.807) is 0 Å². The zero-order valence-corrected chi connectivity index (χ0v) is 15.4. The summed E-state index contributed by atoms with van der Waals surface area (Å²) in [4.78, 5) is 14.4. The van der Waals surface area contributed by atoms with E-state index in [0.29, 0.717) is 5.69 Å². The summed E-state index contributed by atoms with van der Waals surface area (Å²) in [6.45, 7) is 0.814. The van der Waals surface area contributed by atoms with Gasteiger partial charge in [-0.2, -0.15) is 0 Å². The lowest BCUT2D eigenvalue weighted by Gasteiger charge is -2.21. The fourth-order valence-corrected chi connectivity index (χ4v) is 3.31. The Kier molecular flexibility index (Phi) is 6.26. The number of rotatable bonds is 6. The van der Waals surface area contributed by atoms with E-state index in [9.17, 15) is 27.5 Å². The molecule has 2 aromatic carbocycles. The number of anilines is 1. The Morgan fingerprint density at radius 3 is 2.48 bits per heavy atom. The minimum atomic E-state index is -4.92. The topological polar surface area (TPSA) is 61.8 Å². The molecule has 1 aliphatic heterocycles. The molecule has 0 radical (unpaired) electrons. The summed E-state index contributed by atoms with van der Waals surface area (Å²) in [5, 5.41) is 12.0. The molecular weight excluding hydrogens is 392 g/mol. The monoisotopic (exact) mass is 412 g/mol. The van der Waals surface area contributed by atoms with Gasteiger partial charge in [0.25, 0.3) is 5.91 Å². The lowest BCUT2D eigenvalue weighted by atomic mass is 10.1. The van der Waals surface area contributed by atoms with Gasteiger partial charge in [-0.3, -0.25) is 4.79 Å². The van der Waals surface area contributed by atoms with Crippen LogP contribution in [0.1, 0.15) is 34.8 Å². The van der Waals surface area contributed by atoms with Crippen molar-refractivity contribution in [3.05, 3.63) is 59.4 Å². The van der Waals surface area contributed by atoms with Crippen molar-refractivity contribution in [2.45, 2.75) is 25.2 Å². The molecule has 1 fully saturated rings. The number of halogens is 4. The molecule has 0 saturated carbocycles. The fraction of sp³-hybridized carbons (Fsp3) is 0.350. The molecular formula is C20H20F4N2O3. The number of hydrogen-bond donors (Lipinski definition) is 2. The van der Waals surface area contributed by atoms with Gasteiger partial charge in [-0.1, -0.05) is 18.2 Å². The molecule has 1 unspecified atom stereocenters. The van der Waals surface area contributed by atoms with Crippen LogP contribution in [0, 0.1) is 5.82 Å². The fourth-order valence-electron chi connectivity index (χ4n) is 3.31. The van der Waals surface area contributed by atoms with Gasteiger partial charge in [0.1, 0.15) is 11.6 Å². The molecule has 3 rings (SSSR count). The van der Waals surface area contributed by atoms with Crippen molar-refractivity contribution < 1.29 is 32.2 Å². The van der Waals surface area contributed by atoms with Crippen molar-refractivity contribution in [1.29, 1.82) is 0 Å². The van der Waals surface area contributed by atoms with Gasteiger partial charge in [0.15, 0.2) is 0 Å². The molecule has 2 aromatic rings. The molecule has 1 saturated heterocycles. The SMILES string of the molecule is O=C(NC(CO)c1ccccc1OC(F)(F)F)c1ccc(N2CCCC2)c(F)c1. The van der Waals surface area contributed by atoms with Crippen LogP contribution in [0.3, 0.4) is 0 Å². The lowest BCUT2D eigenvalue weighted by Crippen LogP contribution is -2.32. The van der Waals surface area contributed by atoms with Gasteiger partial charge in [-0.15, -0.1) is 13.2 Å². The van der Waals surface area contributed by atoms with Crippen LogP contribution < -0.4 is 15.0 Å². The number of hydrogen-bond acceptors (Lipinski definition) is 4. The number of carbonyl (C=O) groups is 1. The Bertz CT molecular complexity index is 867. The van der Waals surface area contributed by atoms with Gasteiger partial charge in [0, 0.05) is 24.2 Å². The summed E-state index contributed by atoms with van der Waals surface area (Å²) < 4.78 is 56.2. The first-order valence-corrected chi connectivity index (χ1v) is 9.09. The number of alkyl halides is 3. The highest BCUT2D eigenvalue weighted by Crippen LogP contribution is 2.30. The predicted octanol–water partition coefficient (Wildman–Crippen LogP) is 3.79. The highest BCUT2D eigenvalue weighted by Gasteiger charge is 2.33. The Hall–Kier alpha value is -2.81. The van der Waals surface area contributed by atoms with Crippen molar-refractivity contribution in [2.24, 2.45) is 0 Å².